The lowest BCUT2D eigenvalue weighted by Crippen LogP contribution is -2.37. The van der Waals surface area contributed by atoms with Gasteiger partial charge in [0.15, 0.2) is 17.2 Å². The highest BCUT2D eigenvalue weighted by molar-refractivity contribution is 7.99. The summed E-state index contributed by atoms with van der Waals surface area (Å²) in [6, 6.07) is 6.06. The van der Waals surface area contributed by atoms with Crippen molar-refractivity contribution in [1.29, 1.82) is 0 Å². The molecule has 2 heterocycles. The Morgan fingerprint density at radius 2 is 1.48 bits per heavy atom. The van der Waals surface area contributed by atoms with Crippen LogP contribution in [0.15, 0.2) is 29.1 Å². The van der Waals surface area contributed by atoms with E-state index in [0.29, 0.717) is 47.3 Å². The van der Waals surface area contributed by atoms with Crippen LogP contribution in [-0.2, 0) is 25.7 Å². The van der Waals surface area contributed by atoms with Gasteiger partial charge in [0.1, 0.15) is 12.1 Å². The molecule has 0 radical (unpaired) electrons. The molecule has 15 heteroatoms. The second-order valence-electron chi connectivity index (χ2n) is 15.3. The molecule has 0 spiro atoms. The van der Waals surface area contributed by atoms with Gasteiger partial charge in [-0.3, -0.25) is 19.0 Å². The minimum atomic E-state index is -0.973. The number of carbonyl (C=O) groups excluding carboxylic acids is 3. The molecule has 3 aromatic rings. The first-order valence-electron chi connectivity index (χ1n) is 21.7. The Labute approximate surface area is 348 Å². The maximum absolute atomic E-state index is 13.0. The topological polar surface area (TPSA) is 220 Å². The zero-order valence-corrected chi connectivity index (χ0v) is 35.9. The Morgan fingerprint density at radius 3 is 2.09 bits per heavy atom. The molecule has 1 aromatic carbocycles. The van der Waals surface area contributed by atoms with Crippen LogP contribution in [0.1, 0.15) is 141 Å². The van der Waals surface area contributed by atoms with Gasteiger partial charge in [-0.2, -0.15) is 21.7 Å². The van der Waals surface area contributed by atoms with Gasteiger partial charge in [0.25, 0.3) is 0 Å². The van der Waals surface area contributed by atoms with Gasteiger partial charge < -0.3 is 36.9 Å². The number of ketones is 1. The Kier molecular flexibility index (Phi) is 23.8. The van der Waals surface area contributed by atoms with Crippen molar-refractivity contribution in [2.75, 3.05) is 47.6 Å². The van der Waals surface area contributed by atoms with Gasteiger partial charge in [-0.15, -0.1) is 0 Å². The Balaban J connectivity index is 1.27. The summed E-state index contributed by atoms with van der Waals surface area (Å²) in [5.74, 6) is -0.666. The van der Waals surface area contributed by atoms with Crippen LogP contribution in [0.5, 0.6) is 0 Å². The average molecular weight is 827 g/mol. The lowest BCUT2D eigenvalue weighted by molar-refractivity contribution is -0.143. The van der Waals surface area contributed by atoms with Crippen molar-refractivity contribution in [3.05, 3.63) is 40.3 Å². The number of thioether (sulfide) groups is 1. The number of amides is 1. The lowest BCUT2D eigenvalue weighted by atomic mass is 9.99. The molecule has 0 unspecified atom stereocenters. The van der Waals surface area contributed by atoms with Crippen molar-refractivity contribution in [3.63, 3.8) is 0 Å². The number of esters is 1. The van der Waals surface area contributed by atoms with Gasteiger partial charge >= 0.3 is 11.7 Å². The quantitative estimate of drug-likeness (QED) is 0.0263. The van der Waals surface area contributed by atoms with Crippen molar-refractivity contribution in [3.8, 4) is 0 Å². The predicted octanol–water partition coefficient (Wildman–Crippen LogP) is 7.33. The number of aliphatic hydroxyl groups excluding tert-OH is 1. The summed E-state index contributed by atoms with van der Waals surface area (Å²) in [4.78, 5) is 62.2. The number of carbonyl (C=O) groups is 3. The number of fused-ring (bicyclic) bond motifs is 1. The summed E-state index contributed by atoms with van der Waals surface area (Å²) in [6.07, 6.45) is 21.3. The van der Waals surface area contributed by atoms with E-state index >= 15 is 0 Å². The van der Waals surface area contributed by atoms with Crippen molar-refractivity contribution in [1.82, 2.24) is 19.5 Å². The zero-order valence-electron chi connectivity index (χ0n) is 35.0. The summed E-state index contributed by atoms with van der Waals surface area (Å²) >= 11 is 1.41. The van der Waals surface area contributed by atoms with Gasteiger partial charge in [0.05, 0.1) is 25.1 Å². The van der Waals surface area contributed by atoms with E-state index in [0.717, 1.165) is 37.7 Å². The number of aliphatic hydroxyl groups is 1. The van der Waals surface area contributed by atoms with E-state index in [4.69, 9.17) is 16.2 Å². The minimum Gasteiger partial charge on any atom is -0.465 e. The zero-order chi connectivity index (χ0) is 42.0. The van der Waals surface area contributed by atoms with Gasteiger partial charge in [-0.1, -0.05) is 122 Å². The van der Waals surface area contributed by atoms with Crippen LogP contribution >= 0.6 is 11.8 Å². The maximum Gasteiger partial charge on any atom is 0.328 e. The molecule has 0 saturated heterocycles. The predicted molar refractivity (Wildman–Crippen MR) is 236 cm³/mol. The van der Waals surface area contributed by atoms with Gasteiger partial charge in [0.2, 0.25) is 11.9 Å². The van der Waals surface area contributed by atoms with E-state index in [9.17, 15) is 24.3 Å². The Morgan fingerprint density at radius 1 is 0.879 bits per heavy atom. The number of benzene rings is 1. The molecule has 0 fully saturated rings. The van der Waals surface area contributed by atoms with E-state index in [2.05, 4.69) is 39.4 Å². The van der Waals surface area contributed by atoms with E-state index in [1.165, 1.54) is 93.4 Å². The Hall–Kier alpha value is -3.95. The number of nitrogens with zero attached hydrogens (tertiary/aromatic N) is 3. The fourth-order valence-corrected chi connectivity index (χ4v) is 7.45. The molecule has 3 rings (SSSR count). The molecule has 2 atom stereocenters. The van der Waals surface area contributed by atoms with E-state index in [1.807, 2.05) is 0 Å². The molecule has 0 saturated carbocycles. The third-order valence-corrected chi connectivity index (χ3v) is 11.3. The van der Waals surface area contributed by atoms with E-state index in [1.54, 1.807) is 24.3 Å². The first-order chi connectivity index (χ1) is 28.2. The van der Waals surface area contributed by atoms with Crippen LogP contribution in [0.2, 0.25) is 0 Å². The molecule has 0 aliphatic heterocycles. The number of Topliss-reactive ketones (excluding diaryl/α,β-unsaturated/α-hetero) is 1. The van der Waals surface area contributed by atoms with Crippen LogP contribution in [0.3, 0.4) is 0 Å². The first-order valence-corrected chi connectivity index (χ1v) is 22.8. The number of rotatable bonds is 33. The van der Waals surface area contributed by atoms with Gasteiger partial charge in [0, 0.05) is 36.6 Å². The fourth-order valence-electron chi connectivity index (χ4n) is 6.64. The van der Waals surface area contributed by atoms with Crippen LogP contribution in [-0.4, -0.2) is 79.6 Å². The van der Waals surface area contributed by atoms with E-state index in [-0.39, 0.29) is 42.8 Å². The number of hydrogen-bond donors (Lipinski definition) is 6. The molecular formula is C43H70N8O6S. The highest BCUT2D eigenvalue weighted by Crippen LogP contribution is 2.20. The number of nitrogens with two attached hydrogens (primary N) is 2. The second-order valence-corrected chi connectivity index (χ2v) is 16.4. The summed E-state index contributed by atoms with van der Waals surface area (Å²) in [5, 5.41) is 15.8. The fraction of sp³-hybridized carbons (Fsp3) is 0.674. The standard InChI is InChI=1S/C43H70N8O6S/c1-3-5-7-8-9-10-11-12-13-14-15-16-17-18-19-20-37(54)57-26-27-58-31-35(44)36(53)28-33(30-52)41(55)47-34-23-21-32(22-24-34)29-51-40-38(48-43(51)56)39(45)49-42(50-40)46-25-6-4-2/h21-24,33,35,52H,3-20,25-31,44H2,1-2H3,(H,47,55)(H,48,56)(H3,45,46,49,50)/t33-,35+/m0/s1. The number of nitrogen functional groups attached to an aromatic ring is 1. The average Bonchev–Trinajstić information content (AvgIpc) is 3.53. The molecule has 0 bridgehead atoms. The molecule has 1 amide bonds. The van der Waals surface area contributed by atoms with Crippen molar-refractivity contribution < 1.29 is 24.2 Å². The number of imidazole rings is 1. The first kappa shape index (κ1) is 48.4. The number of aromatic amines is 1. The minimum absolute atomic E-state index is 0.174. The number of ether oxygens (including phenoxy) is 1. The van der Waals surface area contributed by atoms with Crippen LogP contribution in [0.4, 0.5) is 17.5 Å². The molecule has 58 heavy (non-hydrogen) atoms. The molecule has 324 valence electrons. The SMILES string of the molecule is CCCCCCCCCCCCCCCCCC(=O)OCCSC[C@@H](N)C(=O)C[C@@H](CO)C(=O)Nc1ccc(Cn2c(=O)[nH]c3c(N)nc(NCCCC)nc32)cc1. The molecule has 0 aliphatic rings. The molecule has 8 N–H and O–H groups in total. The largest absolute Gasteiger partial charge is 0.465 e. The van der Waals surface area contributed by atoms with Crippen LogP contribution in [0, 0.1) is 5.92 Å². The molecular weight excluding hydrogens is 757 g/mol. The number of aromatic nitrogens is 4. The number of anilines is 3. The number of hydrogen-bond acceptors (Lipinski definition) is 12. The second kappa shape index (κ2) is 28.5. The molecule has 2 aromatic heterocycles. The third kappa shape index (κ3) is 18.3. The van der Waals surface area contributed by atoms with Crippen molar-refractivity contribution in [2.45, 2.75) is 148 Å². The highest BCUT2D eigenvalue weighted by atomic mass is 32.2. The van der Waals surface area contributed by atoms with Crippen molar-refractivity contribution in [2.24, 2.45) is 11.7 Å². The van der Waals surface area contributed by atoms with Gasteiger partial charge in [-0.25, -0.2) is 4.79 Å². The highest BCUT2D eigenvalue weighted by Gasteiger charge is 2.25. The van der Waals surface area contributed by atoms with Crippen LogP contribution < -0.4 is 27.8 Å². The maximum atomic E-state index is 13.0. The third-order valence-electron chi connectivity index (χ3n) is 10.3. The number of H-pyrrole nitrogens is 1. The summed E-state index contributed by atoms with van der Waals surface area (Å²) in [7, 11) is 0. The number of unbranched alkanes of at least 4 members (excludes halogenated alkanes) is 15. The lowest BCUT2D eigenvalue weighted by Gasteiger charge is -2.17. The molecule has 14 nitrogen and oxygen atoms in total. The number of nitrogens with one attached hydrogen (secondary N) is 3. The van der Waals surface area contributed by atoms with E-state index < -0.39 is 24.5 Å². The summed E-state index contributed by atoms with van der Waals surface area (Å²) in [5.41, 5.74) is 13.8. The molecule has 0 aliphatic carbocycles. The van der Waals surface area contributed by atoms with Crippen LogP contribution in [0.25, 0.3) is 11.2 Å². The smallest absolute Gasteiger partial charge is 0.328 e. The summed E-state index contributed by atoms with van der Waals surface area (Å²) < 4.78 is 6.82. The van der Waals surface area contributed by atoms with Gasteiger partial charge in [-0.05, 0) is 30.5 Å². The normalized spacial score (nSPS) is 12.4. The Bertz CT molecular complexity index is 1700. The van der Waals surface area contributed by atoms with Crippen molar-refractivity contribution >= 4 is 58.0 Å². The monoisotopic (exact) mass is 827 g/mol. The summed E-state index contributed by atoms with van der Waals surface area (Å²) in [6.45, 7) is 4.95.